The predicted octanol–water partition coefficient (Wildman–Crippen LogP) is 4.58. The summed E-state index contributed by atoms with van der Waals surface area (Å²) in [5.41, 5.74) is 2.58. The monoisotopic (exact) mass is 295 g/mol. The normalized spacial score (nSPS) is 12.4. The lowest BCUT2D eigenvalue weighted by atomic mass is 10.0. The van der Waals surface area contributed by atoms with Gasteiger partial charge in [-0.3, -0.25) is 0 Å². The van der Waals surface area contributed by atoms with Crippen molar-refractivity contribution in [1.29, 1.82) is 0 Å². The van der Waals surface area contributed by atoms with Crippen molar-refractivity contribution in [2.75, 3.05) is 25.2 Å². The first-order chi connectivity index (χ1) is 9.72. The van der Waals surface area contributed by atoms with E-state index in [1.807, 2.05) is 11.8 Å². The fourth-order valence-electron chi connectivity index (χ4n) is 2.29. The first kappa shape index (κ1) is 17.4. The zero-order chi connectivity index (χ0) is 14.8. The van der Waals surface area contributed by atoms with Crippen molar-refractivity contribution in [1.82, 2.24) is 5.32 Å². The quantitative estimate of drug-likeness (QED) is 0.639. The predicted molar refractivity (Wildman–Crippen MR) is 91.0 cm³/mol. The van der Waals surface area contributed by atoms with Crippen LogP contribution in [0.5, 0.6) is 5.75 Å². The lowest BCUT2D eigenvalue weighted by Crippen LogP contribution is -2.23. The molecule has 0 aromatic heterocycles. The SMILES string of the molecule is CCCCCSCC(NCC)c1cc(C)ccc1OC. The zero-order valence-electron chi connectivity index (χ0n) is 13.4. The third kappa shape index (κ3) is 5.76. The second-order valence-electron chi connectivity index (χ2n) is 5.14. The minimum absolute atomic E-state index is 0.376. The van der Waals surface area contributed by atoms with Crippen LogP contribution >= 0.6 is 11.8 Å². The van der Waals surface area contributed by atoms with E-state index in [9.17, 15) is 0 Å². The fourth-order valence-corrected chi connectivity index (χ4v) is 3.39. The number of hydrogen-bond donors (Lipinski definition) is 1. The Morgan fingerprint density at radius 3 is 2.70 bits per heavy atom. The highest BCUT2D eigenvalue weighted by Crippen LogP contribution is 2.29. The smallest absolute Gasteiger partial charge is 0.123 e. The van der Waals surface area contributed by atoms with Gasteiger partial charge in [0, 0.05) is 17.4 Å². The van der Waals surface area contributed by atoms with Crippen molar-refractivity contribution in [3.63, 3.8) is 0 Å². The Morgan fingerprint density at radius 2 is 2.05 bits per heavy atom. The molecule has 0 aliphatic heterocycles. The molecule has 1 atom stereocenters. The molecule has 0 amide bonds. The van der Waals surface area contributed by atoms with Crippen LogP contribution in [0.2, 0.25) is 0 Å². The van der Waals surface area contributed by atoms with E-state index in [1.54, 1.807) is 7.11 Å². The lowest BCUT2D eigenvalue weighted by Gasteiger charge is -2.21. The van der Waals surface area contributed by atoms with Gasteiger partial charge in [-0.2, -0.15) is 11.8 Å². The molecule has 20 heavy (non-hydrogen) atoms. The van der Waals surface area contributed by atoms with Crippen LogP contribution in [-0.4, -0.2) is 25.2 Å². The maximum Gasteiger partial charge on any atom is 0.123 e. The van der Waals surface area contributed by atoms with Gasteiger partial charge < -0.3 is 10.1 Å². The summed E-state index contributed by atoms with van der Waals surface area (Å²) in [5.74, 6) is 3.36. The van der Waals surface area contributed by atoms with Crippen molar-refractivity contribution < 1.29 is 4.74 Å². The molecule has 0 spiro atoms. The third-order valence-electron chi connectivity index (χ3n) is 3.39. The van der Waals surface area contributed by atoms with Crippen molar-refractivity contribution in [2.45, 2.75) is 46.1 Å². The highest BCUT2D eigenvalue weighted by molar-refractivity contribution is 7.99. The summed E-state index contributed by atoms with van der Waals surface area (Å²) in [6.07, 6.45) is 3.96. The average Bonchev–Trinajstić information content (AvgIpc) is 2.46. The molecular formula is C17H29NOS. The largest absolute Gasteiger partial charge is 0.496 e. The first-order valence-electron chi connectivity index (χ1n) is 7.68. The summed E-state index contributed by atoms with van der Waals surface area (Å²) in [6, 6.07) is 6.82. The molecular weight excluding hydrogens is 266 g/mol. The Labute approximate surface area is 128 Å². The van der Waals surface area contributed by atoms with Gasteiger partial charge in [0.1, 0.15) is 5.75 Å². The van der Waals surface area contributed by atoms with Crippen molar-refractivity contribution >= 4 is 11.8 Å². The molecule has 1 aromatic carbocycles. The molecule has 0 saturated carbocycles. The van der Waals surface area contributed by atoms with Crippen LogP contribution in [0.1, 0.15) is 50.3 Å². The third-order valence-corrected chi connectivity index (χ3v) is 4.53. The summed E-state index contributed by atoms with van der Waals surface area (Å²) < 4.78 is 5.52. The van der Waals surface area contributed by atoms with E-state index in [0.29, 0.717) is 6.04 Å². The van der Waals surface area contributed by atoms with Gasteiger partial charge in [-0.15, -0.1) is 0 Å². The van der Waals surface area contributed by atoms with Crippen LogP contribution in [0.3, 0.4) is 0 Å². The molecule has 114 valence electrons. The summed E-state index contributed by atoms with van der Waals surface area (Å²) in [6.45, 7) is 7.54. The molecule has 1 aromatic rings. The molecule has 1 unspecified atom stereocenters. The first-order valence-corrected chi connectivity index (χ1v) is 8.84. The number of ether oxygens (including phenoxy) is 1. The van der Waals surface area contributed by atoms with E-state index in [-0.39, 0.29) is 0 Å². The molecule has 0 fully saturated rings. The van der Waals surface area contributed by atoms with Crippen LogP contribution in [0.4, 0.5) is 0 Å². The van der Waals surface area contributed by atoms with Crippen molar-refractivity contribution in [3.05, 3.63) is 29.3 Å². The van der Waals surface area contributed by atoms with Gasteiger partial charge >= 0.3 is 0 Å². The van der Waals surface area contributed by atoms with E-state index in [1.165, 1.54) is 36.1 Å². The van der Waals surface area contributed by atoms with E-state index >= 15 is 0 Å². The number of benzene rings is 1. The van der Waals surface area contributed by atoms with E-state index < -0.39 is 0 Å². The highest BCUT2D eigenvalue weighted by Gasteiger charge is 2.15. The molecule has 0 radical (unpaired) electrons. The van der Waals surface area contributed by atoms with E-state index in [0.717, 1.165) is 18.0 Å². The molecule has 0 aliphatic carbocycles. The summed E-state index contributed by atoms with van der Waals surface area (Å²) in [5, 5.41) is 3.59. The Hall–Kier alpha value is -0.670. The maximum absolute atomic E-state index is 5.52. The maximum atomic E-state index is 5.52. The van der Waals surface area contributed by atoms with Crippen LogP contribution in [0, 0.1) is 6.92 Å². The van der Waals surface area contributed by atoms with Crippen LogP contribution in [-0.2, 0) is 0 Å². The second kappa shape index (κ2) is 10.1. The minimum Gasteiger partial charge on any atom is -0.496 e. The van der Waals surface area contributed by atoms with E-state index in [2.05, 4.69) is 44.3 Å². The molecule has 0 saturated heterocycles. The van der Waals surface area contributed by atoms with Gasteiger partial charge in [0.05, 0.1) is 7.11 Å². The van der Waals surface area contributed by atoms with Crippen LogP contribution < -0.4 is 10.1 Å². The van der Waals surface area contributed by atoms with Crippen LogP contribution in [0.15, 0.2) is 18.2 Å². The summed E-state index contributed by atoms with van der Waals surface area (Å²) >= 11 is 2.04. The molecule has 2 nitrogen and oxygen atoms in total. The number of hydrogen-bond acceptors (Lipinski definition) is 3. The second-order valence-corrected chi connectivity index (χ2v) is 6.29. The zero-order valence-corrected chi connectivity index (χ0v) is 14.2. The summed E-state index contributed by atoms with van der Waals surface area (Å²) in [7, 11) is 1.76. The van der Waals surface area contributed by atoms with Gasteiger partial charge in [0.15, 0.2) is 0 Å². The number of aryl methyl sites for hydroxylation is 1. The van der Waals surface area contributed by atoms with Gasteiger partial charge in [0.25, 0.3) is 0 Å². The standard InChI is InChI=1S/C17H29NOS/c1-5-7-8-11-20-13-16(18-6-2)15-12-14(3)9-10-17(15)19-4/h9-10,12,16,18H,5-8,11,13H2,1-4H3. The average molecular weight is 295 g/mol. The molecule has 0 aliphatic rings. The Balaban J connectivity index is 2.67. The highest BCUT2D eigenvalue weighted by atomic mass is 32.2. The molecule has 3 heteroatoms. The molecule has 1 rings (SSSR count). The number of rotatable bonds is 10. The van der Waals surface area contributed by atoms with Gasteiger partial charge in [-0.1, -0.05) is 44.4 Å². The van der Waals surface area contributed by atoms with Crippen LogP contribution in [0.25, 0.3) is 0 Å². The van der Waals surface area contributed by atoms with Crippen molar-refractivity contribution in [2.24, 2.45) is 0 Å². The fraction of sp³-hybridized carbons (Fsp3) is 0.647. The number of methoxy groups -OCH3 is 1. The Kier molecular flexibility index (Phi) is 8.79. The van der Waals surface area contributed by atoms with E-state index in [4.69, 9.17) is 4.74 Å². The molecule has 0 bridgehead atoms. The molecule has 1 N–H and O–H groups in total. The minimum atomic E-state index is 0.376. The Morgan fingerprint density at radius 1 is 1.25 bits per heavy atom. The number of nitrogens with one attached hydrogen (secondary N) is 1. The van der Waals surface area contributed by atoms with Gasteiger partial charge in [-0.25, -0.2) is 0 Å². The number of unbranched alkanes of at least 4 members (excludes halogenated alkanes) is 2. The molecule has 0 heterocycles. The topological polar surface area (TPSA) is 21.3 Å². The summed E-state index contributed by atoms with van der Waals surface area (Å²) in [4.78, 5) is 0. The van der Waals surface area contributed by atoms with Gasteiger partial charge in [0.2, 0.25) is 0 Å². The van der Waals surface area contributed by atoms with Crippen molar-refractivity contribution in [3.8, 4) is 5.75 Å². The Bertz CT molecular complexity index is 381. The number of thioether (sulfide) groups is 1. The lowest BCUT2D eigenvalue weighted by molar-refractivity contribution is 0.403. The van der Waals surface area contributed by atoms with Gasteiger partial charge in [-0.05, 0) is 31.7 Å².